The van der Waals surface area contributed by atoms with Crippen molar-refractivity contribution in [2.24, 2.45) is 0 Å². The fourth-order valence-electron chi connectivity index (χ4n) is 0.775. The number of aromatic nitrogens is 1. The van der Waals surface area contributed by atoms with Crippen LogP contribution >= 0.6 is 0 Å². The Balaban J connectivity index is 2.58. The highest BCUT2D eigenvalue weighted by Crippen LogP contribution is 2.06. The second-order valence-corrected chi connectivity index (χ2v) is 2.36. The van der Waals surface area contributed by atoms with Crippen LogP contribution in [0.1, 0.15) is 12.1 Å². The molecule has 0 unspecified atom stereocenters. The summed E-state index contributed by atoms with van der Waals surface area (Å²) in [5.74, 6) is 0.161. The molecule has 3 heteroatoms. The lowest BCUT2D eigenvalue weighted by molar-refractivity contribution is 0.303. The molecular weight excluding hydrogens is 154 g/mol. The maximum absolute atomic E-state index is 8.90. The van der Waals surface area contributed by atoms with Gasteiger partial charge in [0.2, 0.25) is 0 Å². The third kappa shape index (κ3) is 2.72. The maximum atomic E-state index is 8.90. The summed E-state index contributed by atoms with van der Waals surface area (Å²) in [7, 11) is 0. The van der Waals surface area contributed by atoms with Crippen LogP contribution in [-0.4, -0.2) is 21.8 Å². The molecule has 0 aliphatic heterocycles. The molecule has 0 radical (unpaired) electrons. The standard InChI is InChI=1S/C9H11NO2/c11-6-2-1-3-8-4-5-9(12)7-10-8/h1,3-5,7,11-12H,2,6H2. The Hall–Kier alpha value is -1.35. The van der Waals surface area contributed by atoms with Gasteiger partial charge in [-0.05, 0) is 24.6 Å². The first-order valence-corrected chi connectivity index (χ1v) is 3.75. The molecule has 0 aromatic carbocycles. The molecule has 0 atom stereocenters. The smallest absolute Gasteiger partial charge is 0.133 e. The average molecular weight is 165 g/mol. The van der Waals surface area contributed by atoms with Crippen molar-refractivity contribution < 1.29 is 10.2 Å². The molecule has 0 saturated heterocycles. The average Bonchev–Trinajstić information content (AvgIpc) is 2.09. The molecule has 12 heavy (non-hydrogen) atoms. The summed E-state index contributed by atoms with van der Waals surface area (Å²) in [6, 6.07) is 3.29. The topological polar surface area (TPSA) is 53.4 Å². The summed E-state index contributed by atoms with van der Waals surface area (Å²) >= 11 is 0. The van der Waals surface area contributed by atoms with Crippen molar-refractivity contribution in [3.05, 3.63) is 30.1 Å². The molecular formula is C9H11NO2. The first kappa shape index (κ1) is 8.74. The largest absolute Gasteiger partial charge is 0.506 e. The van der Waals surface area contributed by atoms with Crippen molar-refractivity contribution in [3.8, 4) is 5.75 Å². The number of aliphatic hydroxyl groups excluding tert-OH is 1. The molecule has 0 amide bonds. The van der Waals surface area contributed by atoms with E-state index in [4.69, 9.17) is 10.2 Å². The summed E-state index contributed by atoms with van der Waals surface area (Å²) in [6.45, 7) is 0.147. The highest BCUT2D eigenvalue weighted by atomic mass is 16.3. The van der Waals surface area contributed by atoms with Gasteiger partial charge in [0, 0.05) is 6.61 Å². The summed E-state index contributed by atoms with van der Waals surface area (Å²) in [5, 5.41) is 17.4. The van der Waals surface area contributed by atoms with E-state index < -0.39 is 0 Å². The summed E-state index contributed by atoms with van der Waals surface area (Å²) < 4.78 is 0. The second-order valence-electron chi connectivity index (χ2n) is 2.36. The molecule has 3 nitrogen and oxygen atoms in total. The van der Waals surface area contributed by atoms with Crippen molar-refractivity contribution in [3.63, 3.8) is 0 Å². The number of aromatic hydroxyl groups is 1. The van der Waals surface area contributed by atoms with Crippen molar-refractivity contribution in [2.45, 2.75) is 6.42 Å². The van der Waals surface area contributed by atoms with Crippen molar-refractivity contribution in [1.29, 1.82) is 0 Å². The molecule has 1 aromatic heterocycles. The van der Waals surface area contributed by atoms with E-state index in [2.05, 4.69) is 4.98 Å². The van der Waals surface area contributed by atoms with Crippen molar-refractivity contribution >= 4 is 6.08 Å². The van der Waals surface area contributed by atoms with Gasteiger partial charge in [0.05, 0.1) is 11.9 Å². The lowest BCUT2D eigenvalue weighted by Gasteiger charge is -1.92. The Morgan fingerprint density at radius 3 is 2.83 bits per heavy atom. The number of hydrogen-bond donors (Lipinski definition) is 2. The molecule has 1 aromatic rings. The third-order valence-corrected chi connectivity index (χ3v) is 1.36. The van der Waals surface area contributed by atoms with E-state index in [9.17, 15) is 0 Å². The van der Waals surface area contributed by atoms with Crippen molar-refractivity contribution in [1.82, 2.24) is 4.98 Å². The molecule has 1 rings (SSSR count). The number of aliphatic hydroxyl groups is 1. The lowest BCUT2D eigenvalue weighted by atomic mass is 10.3. The van der Waals surface area contributed by atoms with Crippen LogP contribution in [0.2, 0.25) is 0 Å². The van der Waals surface area contributed by atoms with Gasteiger partial charge in [-0.15, -0.1) is 0 Å². The zero-order valence-electron chi connectivity index (χ0n) is 6.64. The van der Waals surface area contributed by atoms with E-state index in [0.717, 1.165) is 5.69 Å². The Labute approximate surface area is 71.0 Å². The summed E-state index contributed by atoms with van der Waals surface area (Å²) in [6.07, 6.45) is 5.65. The molecule has 0 bridgehead atoms. The predicted molar refractivity (Wildman–Crippen MR) is 46.6 cm³/mol. The quantitative estimate of drug-likeness (QED) is 0.707. The highest BCUT2D eigenvalue weighted by Gasteiger charge is 1.87. The Morgan fingerprint density at radius 1 is 1.42 bits per heavy atom. The molecule has 0 aliphatic rings. The van der Waals surface area contributed by atoms with Crippen LogP contribution in [0, 0.1) is 0 Å². The molecule has 64 valence electrons. The van der Waals surface area contributed by atoms with E-state index in [0.29, 0.717) is 6.42 Å². The normalized spacial score (nSPS) is 10.8. The Kier molecular flexibility index (Phi) is 3.29. The van der Waals surface area contributed by atoms with Gasteiger partial charge in [-0.1, -0.05) is 6.08 Å². The summed E-state index contributed by atoms with van der Waals surface area (Å²) in [4.78, 5) is 3.93. The molecule has 0 aliphatic carbocycles. The maximum Gasteiger partial charge on any atom is 0.133 e. The molecule has 0 fully saturated rings. The first-order valence-electron chi connectivity index (χ1n) is 3.75. The first-order chi connectivity index (χ1) is 5.83. The fraction of sp³-hybridized carbons (Fsp3) is 0.222. The molecule has 2 N–H and O–H groups in total. The van der Waals surface area contributed by atoms with Gasteiger partial charge >= 0.3 is 0 Å². The van der Waals surface area contributed by atoms with E-state index in [1.54, 1.807) is 18.2 Å². The van der Waals surface area contributed by atoms with Gasteiger partial charge < -0.3 is 10.2 Å². The number of pyridine rings is 1. The molecule has 0 saturated carbocycles. The monoisotopic (exact) mass is 165 g/mol. The SMILES string of the molecule is OCCC=Cc1ccc(O)cn1. The lowest BCUT2D eigenvalue weighted by Crippen LogP contribution is -1.79. The van der Waals surface area contributed by atoms with Crippen LogP contribution in [0.3, 0.4) is 0 Å². The van der Waals surface area contributed by atoms with Gasteiger partial charge in [0.25, 0.3) is 0 Å². The van der Waals surface area contributed by atoms with Crippen LogP contribution in [0.15, 0.2) is 24.4 Å². The Bertz CT molecular complexity index is 254. The number of nitrogens with zero attached hydrogens (tertiary/aromatic N) is 1. The summed E-state index contributed by atoms with van der Waals surface area (Å²) in [5.41, 5.74) is 0.779. The van der Waals surface area contributed by atoms with Gasteiger partial charge in [0.15, 0.2) is 0 Å². The van der Waals surface area contributed by atoms with Gasteiger partial charge in [0.1, 0.15) is 5.75 Å². The molecule has 0 spiro atoms. The zero-order valence-corrected chi connectivity index (χ0v) is 6.64. The third-order valence-electron chi connectivity index (χ3n) is 1.36. The van der Waals surface area contributed by atoms with Crippen LogP contribution in [-0.2, 0) is 0 Å². The minimum absolute atomic E-state index is 0.147. The van der Waals surface area contributed by atoms with Crippen LogP contribution in [0.5, 0.6) is 5.75 Å². The number of hydrogen-bond acceptors (Lipinski definition) is 3. The predicted octanol–water partition coefficient (Wildman–Crippen LogP) is 1.18. The van der Waals surface area contributed by atoms with E-state index in [-0.39, 0.29) is 12.4 Å². The minimum Gasteiger partial charge on any atom is -0.506 e. The fourth-order valence-corrected chi connectivity index (χ4v) is 0.775. The highest BCUT2D eigenvalue weighted by molar-refractivity contribution is 5.44. The van der Waals surface area contributed by atoms with Crippen molar-refractivity contribution in [2.75, 3.05) is 6.61 Å². The second kappa shape index (κ2) is 4.51. The zero-order chi connectivity index (χ0) is 8.81. The number of rotatable bonds is 3. The van der Waals surface area contributed by atoms with E-state index >= 15 is 0 Å². The van der Waals surface area contributed by atoms with Crippen LogP contribution in [0.4, 0.5) is 0 Å². The van der Waals surface area contributed by atoms with E-state index in [1.807, 2.05) is 6.08 Å². The van der Waals surface area contributed by atoms with Crippen LogP contribution in [0.25, 0.3) is 6.08 Å². The van der Waals surface area contributed by atoms with Crippen LogP contribution < -0.4 is 0 Å². The van der Waals surface area contributed by atoms with E-state index in [1.165, 1.54) is 6.20 Å². The van der Waals surface area contributed by atoms with Gasteiger partial charge in [-0.2, -0.15) is 0 Å². The van der Waals surface area contributed by atoms with Gasteiger partial charge in [-0.3, -0.25) is 4.98 Å². The Morgan fingerprint density at radius 2 is 2.25 bits per heavy atom. The minimum atomic E-state index is 0.147. The van der Waals surface area contributed by atoms with Gasteiger partial charge in [-0.25, -0.2) is 0 Å². The molecule has 1 heterocycles.